The zero-order chi connectivity index (χ0) is 31.6. The van der Waals surface area contributed by atoms with E-state index in [0.29, 0.717) is 6.61 Å². The zero-order valence-electron chi connectivity index (χ0n) is 26.0. The summed E-state index contributed by atoms with van der Waals surface area (Å²) >= 11 is 0. The van der Waals surface area contributed by atoms with Crippen LogP contribution in [-0.2, 0) is 0 Å². The number of ether oxygens (including phenoxy) is 1. The van der Waals surface area contributed by atoms with E-state index in [9.17, 15) is 0 Å². The molecule has 224 valence electrons. The Kier molecular flexibility index (Phi) is 7.45. The lowest BCUT2D eigenvalue weighted by Crippen LogP contribution is -2.10. The highest BCUT2D eigenvalue weighted by molar-refractivity contribution is 5.90. The maximum absolute atomic E-state index is 6.25. The van der Waals surface area contributed by atoms with E-state index < -0.39 is 0 Å². The molecule has 0 amide bonds. The van der Waals surface area contributed by atoms with E-state index in [1.807, 2.05) is 24.3 Å². The highest BCUT2D eigenvalue weighted by Crippen LogP contribution is 2.40. The topological polar surface area (TPSA) is 12.5 Å². The third kappa shape index (κ3) is 5.74. The smallest absolute Gasteiger partial charge is 0.129 e. The molecule has 0 saturated carbocycles. The number of rotatable bonds is 5. The van der Waals surface area contributed by atoms with E-state index in [4.69, 9.17) is 4.74 Å². The normalized spacial score (nSPS) is 14.0. The number of allylic oxidation sites excluding steroid dienone is 4. The first-order chi connectivity index (χ1) is 23.2. The Morgan fingerprint density at radius 2 is 0.979 bits per heavy atom. The summed E-state index contributed by atoms with van der Waals surface area (Å²) in [7, 11) is 0. The Balaban J connectivity index is 1.19. The van der Waals surface area contributed by atoms with Crippen LogP contribution < -0.4 is 9.64 Å². The summed E-state index contributed by atoms with van der Waals surface area (Å²) in [5.41, 5.74) is 9.82. The van der Waals surface area contributed by atoms with Gasteiger partial charge in [0.05, 0.1) is 0 Å². The maximum Gasteiger partial charge on any atom is 0.129 e. The van der Waals surface area contributed by atoms with Crippen LogP contribution in [0.1, 0.15) is 5.56 Å². The van der Waals surface area contributed by atoms with Crippen molar-refractivity contribution in [3.05, 3.63) is 188 Å². The van der Waals surface area contributed by atoms with Gasteiger partial charge in [0.15, 0.2) is 0 Å². The largest absolute Gasteiger partial charge is 0.489 e. The summed E-state index contributed by atoms with van der Waals surface area (Å²) in [6, 6.07) is 54.4. The first-order valence-electron chi connectivity index (χ1n) is 16.0. The van der Waals surface area contributed by atoms with Gasteiger partial charge in [0.2, 0.25) is 0 Å². The lowest BCUT2D eigenvalue weighted by Gasteiger charge is -2.27. The van der Waals surface area contributed by atoms with Gasteiger partial charge in [0.1, 0.15) is 12.4 Å². The molecule has 0 bridgehead atoms. The lowest BCUT2D eigenvalue weighted by molar-refractivity contribution is 0.362. The number of fused-ring (bicyclic) bond motifs is 3. The van der Waals surface area contributed by atoms with Crippen molar-refractivity contribution in [3.63, 3.8) is 0 Å². The molecule has 0 fully saturated rings. The predicted molar refractivity (Wildman–Crippen MR) is 200 cm³/mol. The third-order valence-electron chi connectivity index (χ3n) is 8.87. The molecule has 2 nitrogen and oxygen atoms in total. The molecule has 1 aliphatic rings. The average Bonchev–Trinajstić information content (AvgIpc) is 3.22. The van der Waals surface area contributed by atoms with E-state index in [0.717, 1.165) is 33.9 Å². The van der Waals surface area contributed by atoms with Crippen molar-refractivity contribution in [2.24, 2.45) is 0 Å². The molecular formula is C45H33NO. The Labute approximate surface area is 275 Å². The van der Waals surface area contributed by atoms with Crippen molar-refractivity contribution < 1.29 is 4.74 Å². The van der Waals surface area contributed by atoms with Crippen molar-refractivity contribution in [2.45, 2.75) is 0 Å². The van der Waals surface area contributed by atoms with Gasteiger partial charge >= 0.3 is 0 Å². The second kappa shape index (κ2) is 12.3. The Morgan fingerprint density at radius 3 is 1.55 bits per heavy atom. The first kappa shape index (κ1) is 28.4. The van der Waals surface area contributed by atoms with Crippen LogP contribution in [-0.4, -0.2) is 6.61 Å². The van der Waals surface area contributed by atoms with Crippen molar-refractivity contribution in [2.75, 3.05) is 11.5 Å². The van der Waals surface area contributed by atoms with Crippen molar-refractivity contribution in [1.82, 2.24) is 0 Å². The summed E-state index contributed by atoms with van der Waals surface area (Å²) < 4.78 is 6.25. The van der Waals surface area contributed by atoms with Gasteiger partial charge in [-0.05, 0) is 104 Å². The molecule has 47 heavy (non-hydrogen) atoms. The fourth-order valence-corrected chi connectivity index (χ4v) is 6.36. The predicted octanol–water partition coefficient (Wildman–Crippen LogP) is 12.3. The highest BCUT2D eigenvalue weighted by atomic mass is 16.5. The van der Waals surface area contributed by atoms with Crippen LogP contribution in [0.5, 0.6) is 5.75 Å². The second-order valence-corrected chi connectivity index (χ2v) is 11.9. The second-order valence-electron chi connectivity index (χ2n) is 11.9. The van der Waals surface area contributed by atoms with Crippen LogP contribution in [0.3, 0.4) is 0 Å². The molecule has 0 radical (unpaired) electrons. The Morgan fingerprint density at radius 1 is 0.468 bits per heavy atom. The fraction of sp³-hybridized carbons (Fsp3) is 0.0222. The zero-order valence-corrected chi connectivity index (χ0v) is 26.0. The summed E-state index contributed by atoms with van der Waals surface area (Å²) in [5.74, 6) is 0.814. The standard InChI is InChI=1S/C45H33NO/c1-32-9-3-2-8-28-47-45-31-43(26-27-44(32)45)46(41-22-18-35(19-23-41)39-16-14-33-10-4-6-12-37(33)29-39)42-24-20-36(21-25-42)40-17-15-34-11-5-7-13-38(34)30-40/h2-27,29-31H,1,28H2/b8-2-,9-3-. The van der Waals surface area contributed by atoms with Crippen molar-refractivity contribution >= 4 is 44.2 Å². The Bertz CT molecular complexity index is 2190. The molecule has 1 aliphatic heterocycles. The third-order valence-corrected chi connectivity index (χ3v) is 8.87. The van der Waals surface area contributed by atoms with Gasteiger partial charge in [-0.1, -0.05) is 122 Å². The van der Waals surface area contributed by atoms with Gasteiger partial charge in [-0.2, -0.15) is 0 Å². The molecule has 8 rings (SSSR count). The summed E-state index contributed by atoms with van der Waals surface area (Å²) in [6.07, 6.45) is 8.05. The van der Waals surface area contributed by atoms with Crippen LogP contribution in [0.15, 0.2) is 183 Å². The minimum atomic E-state index is 0.495. The van der Waals surface area contributed by atoms with E-state index in [2.05, 4.69) is 163 Å². The molecular weight excluding hydrogens is 571 g/mol. The van der Waals surface area contributed by atoms with Gasteiger partial charge in [0.25, 0.3) is 0 Å². The lowest BCUT2D eigenvalue weighted by atomic mass is 10.00. The van der Waals surface area contributed by atoms with Crippen LogP contribution >= 0.6 is 0 Å². The van der Waals surface area contributed by atoms with Crippen LogP contribution in [0, 0.1) is 0 Å². The summed E-state index contributed by atoms with van der Waals surface area (Å²) in [4.78, 5) is 2.29. The average molecular weight is 604 g/mol. The molecule has 0 unspecified atom stereocenters. The minimum absolute atomic E-state index is 0.495. The van der Waals surface area contributed by atoms with Crippen LogP contribution in [0.2, 0.25) is 0 Å². The number of benzene rings is 7. The van der Waals surface area contributed by atoms with Gasteiger partial charge in [-0.3, -0.25) is 0 Å². The Hall–Kier alpha value is -6.12. The van der Waals surface area contributed by atoms with Crippen molar-refractivity contribution in [1.29, 1.82) is 0 Å². The minimum Gasteiger partial charge on any atom is -0.489 e. The summed E-state index contributed by atoms with van der Waals surface area (Å²) in [5, 5.41) is 4.98. The SMILES string of the molecule is C=C1/C=C\C=C/COc2cc(N(c3ccc(-c4ccc5ccccc5c4)cc3)c3ccc(-c4ccc5ccccc5c4)cc3)ccc21. The molecule has 0 atom stereocenters. The monoisotopic (exact) mass is 603 g/mol. The molecule has 7 aromatic carbocycles. The van der Waals surface area contributed by atoms with E-state index in [1.54, 1.807) is 0 Å². The number of hydrogen-bond acceptors (Lipinski definition) is 2. The van der Waals surface area contributed by atoms with E-state index >= 15 is 0 Å². The van der Waals surface area contributed by atoms with Crippen LogP contribution in [0.4, 0.5) is 17.1 Å². The molecule has 0 N–H and O–H groups in total. The number of anilines is 3. The first-order valence-corrected chi connectivity index (χ1v) is 16.0. The van der Waals surface area contributed by atoms with Crippen molar-refractivity contribution in [3.8, 4) is 28.0 Å². The summed E-state index contributed by atoms with van der Waals surface area (Å²) in [6.45, 7) is 4.79. The molecule has 1 heterocycles. The van der Waals surface area contributed by atoms with Gasteiger partial charge in [-0.15, -0.1) is 0 Å². The highest BCUT2D eigenvalue weighted by Gasteiger charge is 2.17. The maximum atomic E-state index is 6.25. The number of hydrogen-bond donors (Lipinski definition) is 0. The molecule has 0 aromatic heterocycles. The molecule has 0 spiro atoms. The molecule has 0 saturated heterocycles. The van der Waals surface area contributed by atoms with Gasteiger partial charge in [-0.25, -0.2) is 0 Å². The fourth-order valence-electron chi connectivity index (χ4n) is 6.36. The van der Waals surface area contributed by atoms with E-state index in [1.165, 1.54) is 43.8 Å². The van der Waals surface area contributed by atoms with Gasteiger partial charge < -0.3 is 9.64 Å². The molecule has 0 aliphatic carbocycles. The van der Waals surface area contributed by atoms with Crippen LogP contribution in [0.25, 0.3) is 49.4 Å². The molecule has 2 heteroatoms. The molecule has 7 aromatic rings. The quantitative estimate of drug-likeness (QED) is 0.194. The number of nitrogens with zero attached hydrogens (tertiary/aromatic N) is 1. The van der Waals surface area contributed by atoms with Gasteiger partial charge in [0, 0.05) is 28.7 Å². The van der Waals surface area contributed by atoms with E-state index in [-0.39, 0.29) is 0 Å².